The van der Waals surface area contributed by atoms with Gasteiger partial charge in [0.15, 0.2) is 4.83 Å². The van der Waals surface area contributed by atoms with Crippen molar-refractivity contribution < 1.29 is 9.51 Å². The fourth-order valence-electron chi connectivity index (χ4n) is 1.63. The summed E-state index contributed by atoms with van der Waals surface area (Å²) in [6.07, 6.45) is 3.34. The molecule has 3 aromatic rings. The first-order valence-corrected chi connectivity index (χ1v) is 5.70. The third kappa shape index (κ3) is 1.35. The largest absolute Gasteiger partial charge is 0.476 e. The first-order chi connectivity index (χ1) is 7.86. The van der Waals surface area contributed by atoms with Crippen molar-refractivity contribution in [2.45, 2.75) is 0 Å². The third-order valence-electron chi connectivity index (χ3n) is 2.40. The minimum atomic E-state index is 0.249. The molecular weight excluding hydrogens is 220 g/mol. The van der Waals surface area contributed by atoms with Crippen LogP contribution in [0.5, 0.6) is 5.88 Å². The molecule has 0 saturated carbocycles. The van der Waals surface area contributed by atoms with Gasteiger partial charge in [0.1, 0.15) is 11.1 Å². The van der Waals surface area contributed by atoms with Crippen molar-refractivity contribution >= 4 is 16.2 Å². The maximum Gasteiger partial charge on any atom is 0.306 e. The van der Waals surface area contributed by atoms with Crippen LogP contribution in [0.3, 0.4) is 0 Å². The van der Waals surface area contributed by atoms with Crippen molar-refractivity contribution in [1.29, 1.82) is 0 Å². The molecule has 2 heterocycles. The SMILES string of the molecule is Oc1c(-c2ccccc2)sc2ccnc[n+]12. The highest BCUT2D eigenvalue weighted by Gasteiger charge is 2.17. The second kappa shape index (κ2) is 3.57. The molecule has 1 N–H and O–H groups in total. The second-order valence-electron chi connectivity index (χ2n) is 3.41. The van der Waals surface area contributed by atoms with E-state index in [0.717, 1.165) is 15.3 Å². The Bertz CT molecular complexity index is 634. The Morgan fingerprint density at radius 3 is 2.69 bits per heavy atom. The molecule has 0 aliphatic rings. The topological polar surface area (TPSA) is 37.2 Å². The Balaban J connectivity index is 2.29. The molecule has 16 heavy (non-hydrogen) atoms. The van der Waals surface area contributed by atoms with Gasteiger partial charge in [-0.1, -0.05) is 46.7 Å². The van der Waals surface area contributed by atoms with Gasteiger partial charge in [0.05, 0.1) is 0 Å². The van der Waals surface area contributed by atoms with Crippen molar-refractivity contribution in [3.05, 3.63) is 48.9 Å². The quantitative estimate of drug-likeness (QED) is 0.650. The first kappa shape index (κ1) is 9.30. The molecule has 2 aromatic heterocycles. The average molecular weight is 229 g/mol. The van der Waals surface area contributed by atoms with Gasteiger partial charge in [0.2, 0.25) is 0 Å². The molecule has 0 aliphatic heterocycles. The van der Waals surface area contributed by atoms with Crippen LogP contribution in [0, 0.1) is 0 Å². The number of rotatable bonds is 1. The highest BCUT2D eigenvalue weighted by atomic mass is 32.1. The predicted molar refractivity (Wildman–Crippen MR) is 62.4 cm³/mol. The molecule has 0 radical (unpaired) electrons. The summed E-state index contributed by atoms with van der Waals surface area (Å²) in [6, 6.07) is 11.7. The molecule has 0 amide bonds. The zero-order valence-electron chi connectivity index (χ0n) is 8.37. The van der Waals surface area contributed by atoms with Gasteiger partial charge in [-0.25, -0.2) is 0 Å². The number of aromatic hydroxyl groups is 1. The van der Waals surface area contributed by atoms with E-state index in [1.54, 1.807) is 28.3 Å². The Morgan fingerprint density at radius 1 is 1.12 bits per heavy atom. The molecule has 0 saturated heterocycles. The minimum absolute atomic E-state index is 0.249. The highest BCUT2D eigenvalue weighted by Crippen LogP contribution is 2.33. The molecule has 1 aromatic carbocycles. The Hall–Kier alpha value is -1.94. The summed E-state index contributed by atoms with van der Waals surface area (Å²) in [7, 11) is 0. The standard InChI is InChI=1S/C12H8N2OS/c15-12-11(9-4-2-1-3-5-9)16-10-6-7-13-8-14(10)12/h1-8H/p+1. The van der Waals surface area contributed by atoms with Crippen LogP contribution in [0.4, 0.5) is 0 Å². The summed E-state index contributed by atoms with van der Waals surface area (Å²) in [5.74, 6) is 0.249. The fourth-order valence-corrected chi connectivity index (χ4v) is 2.64. The Kier molecular flexibility index (Phi) is 2.08. The fraction of sp³-hybridized carbons (Fsp3) is 0. The van der Waals surface area contributed by atoms with E-state index in [-0.39, 0.29) is 5.88 Å². The van der Waals surface area contributed by atoms with Crippen molar-refractivity contribution in [1.82, 2.24) is 4.98 Å². The van der Waals surface area contributed by atoms with Crippen LogP contribution in [0.15, 0.2) is 48.9 Å². The third-order valence-corrected chi connectivity index (χ3v) is 3.56. The molecule has 0 atom stereocenters. The van der Waals surface area contributed by atoms with Crippen LogP contribution in [-0.4, -0.2) is 10.1 Å². The van der Waals surface area contributed by atoms with E-state index in [1.807, 2.05) is 36.4 Å². The van der Waals surface area contributed by atoms with E-state index in [0.29, 0.717) is 0 Å². The second-order valence-corrected chi connectivity index (χ2v) is 4.44. The van der Waals surface area contributed by atoms with Gasteiger partial charge in [0.25, 0.3) is 6.33 Å². The Labute approximate surface area is 96.3 Å². The van der Waals surface area contributed by atoms with Crippen molar-refractivity contribution in [3.8, 4) is 16.3 Å². The van der Waals surface area contributed by atoms with Crippen LogP contribution in [0.2, 0.25) is 0 Å². The van der Waals surface area contributed by atoms with E-state index in [9.17, 15) is 5.11 Å². The summed E-state index contributed by atoms with van der Waals surface area (Å²) in [6.45, 7) is 0. The summed E-state index contributed by atoms with van der Waals surface area (Å²) >= 11 is 1.55. The maximum atomic E-state index is 10.1. The minimum Gasteiger partial charge on any atom is -0.476 e. The van der Waals surface area contributed by atoms with Gasteiger partial charge in [-0.3, -0.25) is 0 Å². The number of hydrogen-bond acceptors (Lipinski definition) is 3. The summed E-state index contributed by atoms with van der Waals surface area (Å²) in [5.41, 5.74) is 1.02. The highest BCUT2D eigenvalue weighted by molar-refractivity contribution is 7.20. The van der Waals surface area contributed by atoms with E-state index >= 15 is 0 Å². The summed E-state index contributed by atoms with van der Waals surface area (Å²) in [5, 5.41) is 10.1. The molecule has 0 bridgehead atoms. The van der Waals surface area contributed by atoms with Gasteiger partial charge in [-0.15, -0.1) is 0 Å². The number of hydrogen-bond donors (Lipinski definition) is 1. The molecular formula is C12H9N2OS+. The van der Waals surface area contributed by atoms with E-state index in [4.69, 9.17) is 0 Å². The number of fused-ring (bicyclic) bond motifs is 1. The van der Waals surface area contributed by atoms with Gasteiger partial charge in [-0.05, 0) is 5.56 Å². The lowest BCUT2D eigenvalue weighted by Gasteiger charge is -1.94. The number of nitrogens with zero attached hydrogens (tertiary/aromatic N) is 2. The maximum absolute atomic E-state index is 10.1. The number of aromatic nitrogens is 2. The van der Waals surface area contributed by atoms with Crippen LogP contribution >= 0.6 is 11.3 Å². The molecule has 78 valence electrons. The smallest absolute Gasteiger partial charge is 0.306 e. The summed E-state index contributed by atoms with van der Waals surface area (Å²) in [4.78, 5) is 5.84. The zero-order chi connectivity index (χ0) is 11.0. The molecule has 3 rings (SSSR count). The molecule has 0 unspecified atom stereocenters. The van der Waals surface area contributed by atoms with Crippen molar-refractivity contribution in [2.75, 3.05) is 0 Å². The molecule has 4 heteroatoms. The summed E-state index contributed by atoms with van der Waals surface area (Å²) < 4.78 is 1.69. The first-order valence-electron chi connectivity index (χ1n) is 4.89. The van der Waals surface area contributed by atoms with E-state index < -0.39 is 0 Å². The normalized spacial score (nSPS) is 10.8. The average Bonchev–Trinajstić information content (AvgIpc) is 2.69. The van der Waals surface area contributed by atoms with Crippen LogP contribution in [-0.2, 0) is 0 Å². The molecule has 0 fully saturated rings. The molecule has 0 spiro atoms. The number of thiazole rings is 1. The van der Waals surface area contributed by atoms with Gasteiger partial charge in [-0.2, -0.15) is 4.40 Å². The van der Waals surface area contributed by atoms with Crippen LogP contribution in [0.25, 0.3) is 15.3 Å². The lowest BCUT2D eigenvalue weighted by atomic mass is 10.2. The predicted octanol–water partition coefficient (Wildman–Crippen LogP) is 2.25. The van der Waals surface area contributed by atoms with Crippen LogP contribution in [0.1, 0.15) is 0 Å². The molecule has 3 nitrogen and oxygen atoms in total. The lowest BCUT2D eigenvalue weighted by Crippen LogP contribution is -2.18. The van der Waals surface area contributed by atoms with Crippen molar-refractivity contribution in [3.63, 3.8) is 0 Å². The van der Waals surface area contributed by atoms with E-state index in [1.165, 1.54) is 0 Å². The van der Waals surface area contributed by atoms with E-state index in [2.05, 4.69) is 4.98 Å². The molecule has 0 aliphatic carbocycles. The van der Waals surface area contributed by atoms with Crippen LogP contribution < -0.4 is 4.40 Å². The lowest BCUT2D eigenvalue weighted by molar-refractivity contribution is -0.521. The zero-order valence-corrected chi connectivity index (χ0v) is 9.19. The number of benzene rings is 1. The van der Waals surface area contributed by atoms with Gasteiger partial charge < -0.3 is 5.11 Å². The van der Waals surface area contributed by atoms with Gasteiger partial charge >= 0.3 is 5.88 Å². The Morgan fingerprint density at radius 2 is 1.94 bits per heavy atom. The monoisotopic (exact) mass is 229 g/mol. The van der Waals surface area contributed by atoms with Gasteiger partial charge in [0, 0.05) is 6.07 Å². The van der Waals surface area contributed by atoms with Crippen molar-refractivity contribution in [2.24, 2.45) is 0 Å².